The second kappa shape index (κ2) is 15.5. The van der Waals surface area contributed by atoms with Gasteiger partial charge in [-0.3, -0.25) is 9.78 Å². The predicted molar refractivity (Wildman–Crippen MR) is 172 cm³/mol. The zero-order valence-corrected chi connectivity index (χ0v) is 26.3. The highest BCUT2D eigenvalue weighted by atomic mass is 16.5. The number of carbonyl (C=O) groups is 1. The number of para-hydroxylation sites is 1. The lowest BCUT2D eigenvalue weighted by molar-refractivity contribution is -0.126. The number of aliphatic hydroxyl groups excluding tert-OH is 5. The van der Waals surface area contributed by atoms with Gasteiger partial charge in [-0.25, -0.2) is 0 Å². The number of benzene rings is 2. The van der Waals surface area contributed by atoms with Crippen LogP contribution in [0.25, 0.3) is 11.1 Å². The molecule has 1 amide bonds. The number of ether oxygens (including phenoxy) is 2. The van der Waals surface area contributed by atoms with Crippen molar-refractivity contribution < 1.29 is 39.8 Å². The molecule has 1 heterocycles. The first-order valence-electron chi connectivity index (χ1n) is 16.2. The molecule has 2 aromatic carbocycles. The van der Waals surface area contributed by atoms with Gasteiger partial charge >= 0.3 is 0 Å². The lowest BCUT2D eigenvalue weighted by atomic mass is 9.96. The van der Waals surface area contributed by atoms with Gasteiger partial charge in [0.05, 0.1) is 31.0 Å². The minimum absolute atomic E-state index is 0.247. The van der Waals surface area contributed by atoms with Crippen LogP contribution in [0.3, 0.4) is 0 Å². The molecular formula is C36H46N2O8. The number of aliphatic hydroxyl groups is 5. The standard InChI is InChI=1S/C36H46N2O8/c1-23-10-11-24(6-2-5-9-33(42)38-20-30(40)34(43)35(44)31(41)21-39)18-25(23)22-45-36(15-16-36)29-19-37-17-14-27(29)28-7-3-4-8-32(28)46-26-12-13-26/h3-4,7-8,10-11,14,17-19,26,30-31,34-35,39-41,43-44H,2,5-6,9,12-13,15-16,20-22H2,1H3,(H,38,42). The number of unbranched alkanes of at least 4 members (excludes halogenated alkanes) is 1. The van der Waals surface area contributed by atoms with Gasteiger partial charge in [0.1, 0.15) is 24.1 Å². The van der Waals surface area contributed by atoms with Crippen LogP contribution in [0.2, 0.25) is 0 Å². The molecule has 5 rings (SSSR count). The maximum Gasteiger partial charge on any atom is 0.220 e. The smallest absolute Gasteiger partial charge is 0.220 e. The van der Waals surface area contributed by atoms with E-state index in [-0.39, 0.29) is 24.5 Å². The first kappa shape index (κ1) is 34.0. The SMILES string of the molecule is Cc1ccc(CCCCC(=O)NCC(O)C(O)C(O)C(O)CO)cc1COC1(c2cnccc2-c2ccccc2OC2CC2)CC1. The van der Waals surface area contributed by atoms with E-state index in [2.05, 4.69) is 47.6 Å². The van der Waals surface area contributed by atoms with Crippen LogP contribution in [-0.4, -0.2) is 80.1 Å². The summed E-state index contributed by atoms with van der Waals surface area (Å²) < 4.78 is 12.9. The van der Waals surface area contributed by atoms with Crippen molar-refractivity contribution in [1.29, 1.82) is 0 Å². The third kappa shape index (κ3) is 8.70. The quantitative estimate of drug-likeness (QED) is 0.116. The summed E-state index contributed by atoms with van der Waals surface area (Å²) in [6.45, 7) is 1.53. The summed E-state index contributed by atoms with van der Waals surface area (Å²) in [5.41, 5.74) is 6.33. The van der Waals surface area contributed by atoms with Crippen LogP contribution in [-0.2, 0) is 28.2 Å². The number of pyridine rings is 1. The summed E-state index contributed by atoms with van der Waals surface area (Å²) in [5, 5.41) is 50.4. The highest BCUT2D eigenvalue weighted by molar-refractivity contribution is 5.76. The summed E-state index contributed by atoms with van der Waals surface area (Å²) in [6, 6.07) is 16.6. The van der Waals surface area contributed by atoms with Crippen molar-refractivity contribution in [3.05, 3.63) is 83.2 Å². The molecule has 4 atom stereocenters. The van der Waals surface area contributed by atoms with Crippen molar-refractivity contribution in [2.75, 3.05) is 13.2 Å². The molecule has 0 saturated heterocycles. The average molecular weight is 635 g/mol. The number of hydrogen-bond acceptors (Lipinski definition) is 9. The molecule has 0 bridgehead atoms. The summed E-state index contributed by atoms with van der Waals surface area (Å²) >= 11 is 0. The van der Waals surface area contributed by atoms with E-state index >= 15 is 0 Å². The van der Waals surface area contributed by atoms with E-state index < -0.39 is 31.0 Å². The Morgan fingerprint density at radius 3 is 2.50 bits per heavy atom. The zero-order valence-electron chi connectivity index (χ0n) is 26.3. The second-order valence-electron chi connectivity index (χ2n) is 12.6. The van der Waals surface area contributed by atoms with Gasteiger partial charge in [-0.05, 0) is 86.3 Å². The molecule has 0 aliphatic heterocycles. The maximum absolute atomic E-state index is 12.2. The molecule has 6 N–H and O–H groups in total. The van der Waals surface area contributed by atoms with Crippen LogP contribution in [0.4, 0.5) is 0 Å². The molecule has 2 fully saturated rings. The van der Waals surface area contributed by atoms with Crippen LogP contribution in [0.5, 0.6) is 5.75 Å². The first-order valence-corrected chi connectivity index (χ1v) is 16.2. The van der Waals surface area contributed by atoms with E-state index in [1.54, 1.807) is 0 Å². The van der Waals surface area contributed by atoms with Crippen LogP contribution < -0.4 is 10.1 Å². The summed E-state index contributed by atoms with van der Waals surface area (Å²) in [7, 11) is 0. The molecule has 46 heavy (non-hydrogen) atoms. The Kier molecular flexibility index (Phi) is 11.4. The van der Waals surface area contributed by atoms with E-state index in [1.807, 2.05) is 30.6 Å². The van der Waals surface area contributed by atoms with Gasteiger partial charge in [-0.1, -0.05) is 36.4 Å². The van der Waals surface area contributed by atoms with E-state index in [0.29, 0.717) is 19.1 Å². The van der Waals surface area contributed by atoms with Gasteiger partial charge < -0.3 is 40.3 Å². The molecule has 0 radical (unpaired) electrons. The molecule has 248 valence electrons. The van der Waals surface area contributed by atoms with Gasteiger partial charge in [0.2, 0.25) is 5.91 Å². The second-order valence-corrected chi connectivity index (χ2v) is 12.6. The van der Waals surface area contributed by atoms with Crippen LogP contribution >= 0.6 is 0 Å². The fourth-order valence-corrected chi connectivity index (χ4v) is 5.61. The van der Waals surface area contributed by atoms with E-state index in [1.165, 1.54) is 0 Å². The Hall–Kier alpha value is -3.38. The normalized spacial score (nSPS) is 18.0. The number of rotatable bonds is 18. The number of aromatic nitrogens is 1. The van der Waals surface area contributed by atoms with Crippen LogP contribution in [0.1, 0.15) is 67.2 Å². The van der Waals surface area contributed by atoms with Gasteiger partial charge in [0.25, 0.3) is 0 Å². The number of hydrogen-bond donors (Lipinski definition) is 6. The monoisotopic (exact) mass is 634 g/mol. The van der Waals surface area contributed by atoms with Crippen molar-refractivity contribution in [3.63, 3.8) is 0 Å². The maximum atomic E-state index is 12.2. The summed E-state index contributed by atoms with van der Waals surface area (Å²) in [6.07, 6.45) is 4.09. The first-order chi connectivity index (χ1) is 22.2. The molecule has 2 aliphatic carbocycles. The molecule has 2 aliphatic rings. The highest BCUT2D eigenvalue weighted by Crippen LogP contribution is 2.53. The molecule has 2 saturated carbocycles. The zero-order chi connectivity index (χ0) is 32.7. The van der Waals surface area contributed by atoms with E-state index in [4.69, 9.17) is 14.6 Å². The topological polar surface area (TPSA) is 162 Å². The Labute approximate surface area is 270 Å². The largest absolute Gasteiger partial charge is 0.490 e. The molecule has 3 aromatic rings. The number of amides is 1. The third-order valence-corrected chi connectivity index (χ3v) is 8.88. The fraction of sp³-hybridized carbons (Fsp3) is 0.500. The van der Waals surface area contributed by atoms with E-state index in [9.17, 15) is 25.2 Å². The summed E-state index contributed by atoms with van der Waals surface area (Å²) in [5.74, 6) is 0.619. The Morgan fingerprint density at radius 1 is 1.00 bits per heavy atom. The van der Waals surface area contributed by atoms with Crippen molar-refractivity contribution in [3.8, 4) is 16.9 Å². The molecule has 0 spiro atoms. The number of aryl methyl sites for hydroxylation is 2. The van der Waals surface area contributed by atoms with Crippen molar-refractivity contribution >= 4 is 5.91 Å². The van der Waals surface area contributed by atoms with Crippen LogP contribution in [0, 0.1) is 6.92 Å². The fourth-order valence-electron chi connectivity index (χ4n) is 5.61. The molecule has 4 unspecified atom stereocenters. The van der Waals surface area contributed by atoms with Gasteiger partial charge in [-0.2, -0.15) is 0 Å². The predicted octanol–water partition coefficient (Wildman–Crippen LogP) is 3.07. The lowest BCUT2D eigenvalue weighted by Crippen LogP contribution is -2.49. The van der Waals surface area contributed by atoms with Crippen molar-refractivity contribution in [1.82, 2.24) is 10.3 Å². The molecule has 1 aromatic heterocycles. The Bertz CT molecular complexity index is 1460. The van der Waals surface area contributed by atoms with Gasteiger partial charge in [0, 0.05) is 36.5 Å². The lowest BCUT2D eigenvalue weighted by Gasteiger charge is -2.25. The average Bonchev–Trinajstić information content (AvgIpc) is 4.02. The van der Waals surface area contributed by atoms with Crippen LogP contribution in [0.15, 0.2) is 60.9 Å². The van der Waals surface area contributed by atoms with Crippen molar-refractivity contribution in [2.45, 2.75) is 101 Å². The van der Waals surface area contributed by atoms with Gasteiger partial charge in [-0.15, -0.1) is 0 Å². The third-order valence-electron chi connectivity index (χ3n) is 8.88. The molecule has 10 nitrogen and oxygen atoms in total. The Morgan fingerprint density at radius 2 is 1.76 bits per heavy atom. The van der Waals surface area contributed by atoms with Gasteiger partial charge in [0.15, 0.2) is 0 Å². The minimum atomic E-state index is -1.72. The highest BCUT2D eigenvalue weighted by Gasteiger charge is 2.47. The molecular weight excluding hydrogens is 588 g/mol. The summed E-state index contributed by atoms with van der Waals surface area (Å²) in [4.78, 5) is 16.7. The Balaban J connectivity index is 1.12. The molecule has 10 heteroatoms. The number of nitrogens with zero attached hydrogens (tertiary/aromatic N) is 1. The number of carbonyl (C=O) groups excluding carboxylic acids is 1. The van der Waals surface area contributed by atoms with E-state index in [0.717, 1.165) is 77.7 Å². The minimum Gasteiger partial charge on any atom is -0.490 e. The number of nitrogens with one attached hydrogen (secondary N) is 1. The van der Waals surface area contributed by atoms with Crippen molar-refractivity contribution in [2.24, 2.45) is 0 Å².